The molecule has 2 heterocycles. The number of nitrogens with zero attached hydrogens (tertiary/aromatic N) is 1. The summed E-state index contributed by atoms with van der Waals surface area (Å²) in [6.45, 7) is 8.34. The van der Waals surface area contributed by atoms with E-state index in [0.717, 1.165) is 0 Å². The lowest BCUT2D eigenvalue weighted by Gasteiger charge is -2.31. The molecule has 16 heavy (non-hydrogen) atoms. The molecule has 0 unspecified atom stereocenters. The fourth-order valence-electron chi connectivity index (χ4n) is 2.82. The number of thiophene rings is 1. The highest BCUT2D eigenvalue weighted by Crippen LogP contribution is 2.51. The van der Waals surface area contributed by atoms with Gasteiger partial charge < -0.3 is 5.32 Å². The molecule has 0 radical (unpaired) electrons. The number of nitrogens with one attached hydrogen (secondary N) is 1. The van der Waals surface area contributed by atoms with Gasteiger partial charge >= 0.3 is 0 Å². The normalized spacial score (nSPS) is 24.6. The lowest BCUT2D eigenvalue weighted by Crippen LogP contribution is -2.46. The quantitative estimate of drug-likeness (QED) is 0.863. The zero-order chi connectivity index (χ0) is 11.0. The Morgan fingerprint density at radius 3 is 2.69 bits per heavy atom. The van der Waals surface area contributed by atoms with E-state index in [-0.39, 0.29) is 0 Å². The first kappa shape index (κ1) is 10.8. The largest absolute Gasteiger partial charge is 0.314 e. The summed E-state index contributed by atoms with van der Waals surface area (Å²) in [7, 11) is 0. The molecule has 0 amide bonds. The van der Waals surface area contributed by atoms with Gasteiger partial charge in [-0.1, -0.05) is 0 Å². The maximum absolute atomic E-state index is 3.43. The highest BCUT2D eigenvalue weighted by atomic mass is 32.1. The molecule has 0 atom stereocenters. The van der Waals surface area contributed by atoms with Gasteiger partial charge in [-0.2, -0.15) is 0 Å². The van der Waals surface area contributed by atoms with Crippen LogP contribution in [0.1, 0.15) is 23.3 Å². The summed E-state index contributed by atoms with van der Waals surface area (Å²) in [6.07, 6.45) is 2.80. The molecule has 0 spiro atoms. The van der Waals surface area contributed by atoms with Gasteiger partial charge in [-0.15, -0.1) is 11.3 Å². The zero-order valence-corrected chi connectivity index (χ0v) is 10.8. The molecule has 2 fully saturated rings. The van der Waals surface area contributed by atoms with Gasteiger partial charge in [0.25, 0.3) is 0 Å². The molecule has 1 aliphatic heterocycles. The third-order valence-electron chi connectivity index (χ3n) is 3.93. The second-order valence-electron chi connectivity index (χ2n) is 5.24. The van der Waals surface area contributed by atoms with Gasteiger partial charge in [-0.25, -0.2) is 0 Å². The van der Waals surface area contributed by atoms with Crippen molar-refractivity contribution in [2.75, 3.05) is 32.7 Å². The first-order valence-electron chi connectivity index (χ1n) is 6.28. The predicted octanol–water partition coefficient (Wildman–Crippen LogP) is 1.99. The molecular formula is C13H20N2S. The molecule has 2 aliphatic rings. The van der Waals surface area contributed by atoms with Gasteiger partial charge in [-0.3, -0.25) is 4.90 Å². The van der Waals surface area contributed by atoms with Crippen LogP contribution < -0.4 is 5.32 Å². The van der Waals surface area contributed by atoms with Crippen LogP contribution in [0.4, 0.5) is 0 Å². The molecular weight excluding hydrogens is 216 g/mol. The fraction of sp³-hybridized carbons (Fsp3) is 0.692. The minimum absolute atomic E-state index is 0.537. The maximum Gasteiger partial charge on any atom is 0.0177 e. The number of hydrogen-bond acceptors (Lipinski definition) is 3. The fourth-order valence-corrected chi connectivity index (χ4v) is 4.00. The van der Waals surface area contributed by atoms with Crippen LogP contribution in [-0.4, -0.2) is 37.6 Å². The number of aryl methyl sites for hydroxylation is 1. The molecule has 88 valence electrons. The number of hydrogen-bond donors (Lipinski definition) is 1. The summed E-state index contributed by atoms with van der Waals surface area (Å²) in [6, 6.07) is 2.28. The Kier molecular flexibility index (Phi) is 2.78. The first-order chi connectivity index (χ1) is 7.80. The number of piperazine rings is 1. The van der Waals surface area contributed by atoms with Gasteiger partial charge in [0.15, 0.2) is 0 Å². The zero-order valence-electron chi connectivity index (χ0n) is 9.96. The van der Waals surface area contributed by atoms with E-state index < -0.39 is 0 Å². The van der Waals surface area contributed by atoms with Crippen molar-refractivity contribution < 1.29 is 0 Å². The lowest BCUT2D eigenvalue weighted by atomic mass is 10.0. The summed E-state index contributed by atoms with van der Waals surface area (Å²) in [5.41, 5.74) is 2.05. The van der Waals surface area contributed by atoms with E-state index in [1.165, 1.54) is 51.1 Å². The molecule has 2 nitrogen and oxygen atoms in total. The van der Waals surface area contributed by atoms with Gasteiger partial charge in [-0.05, 0) is 36.8 Å². The molecule has 1 saturated heterocycles. The summed E-state index contributed by atoms with van der Waals surface area (Å²) in [4.78, 5) is 4.30. The van der Waals surface area contributed by atoms with Crippen molar-refractivity contribution in [1.82, 2.24) is 10.2 Å². The average molecular weight is 236 g/mol. The molecule has 1 N–H and O–H groups in total. The number of rotatable bonds is 3. The second-order valence-corrected chi connectivity index (χ2v) is 6.16. The van der Waals surface area contributed by atoms with Crippen molar-refractivity contribution in [2.45, 2.75) is 25.2 Å². The van der Waals surface area contributed by atoms with Crippen LogP contribution in [-0.2, 0) is 5.41 Å². The Balaban J connectivity index is 1.71. The smallest absolute Gasteiger partial charge is 0.0177 e. The standard InChI is InChI=1S/C13H20N2S/c1-11-2-9-16-12(11)13(3-4-13)10-15-7-5-14-6-8-15/h2,9,14H,3-8,10H2,1H3. The van der Waals surface area contributed by atoms with E-state index in [1.807, 2.05) is 11.3 Å². The first-order valence-corrected chi connectivity index (χ1v) is 7.16. The predicted molar refractivity (Wildman–Crippen MR) is 69.3 cm³/mol. The Morgan fingerprint density at radius 1 is 1.38 bits per heavy atom. The van der Waals surface area contributed by atoms with Crippen LogP contribution in [0.25, 0.3) is 0 Å². The Labute approximate surface area is 102 Å². The minimum Gasteiger partial charge on any atom is -0.314 e. The van der Waals surface area contributed by atoms with Crippen LogP contribution in [0.5, 0.6) is 0 Å². The molecule has 0 bridgehead atoms. The molecule has 1 saturated carbocycles. The van der Waals surface area contributed by atoms with Crippen LogP contribution >= 0.6 is 11.3 Å². The van der Waals surface area contributed by atoms with Crippen LogP contribution in [0.3, 0.4) is 0 Å². The molecule has 3 heteroatoms. The minimum atomic E-state index is 0.537. The van der Waals surface area contributed by atoms with Gasteiger partial charge in [0, 0.05) is 43.0 Å². The highest BCUT2D eigenvalue weighted by molar-refractivity contribution is 7.10. The van der Waals surface area contributed by atoms with Crippen molar-refractivity contribution in [3.63, 3.8) is 0 Å². The van der Waals surface area contributed by atoms with Crippen LogP contribution in [0.15, 0.2) is 11.4 Å². The lowest BCUT2D eigenvalue weighted by molar-refractivity contribution is 0.221. The topological polar surface area (TPSA) is 15.3 Å². The molecule has 0 aromatic carbocycles. The van der Waals surface area contributed by atoms with Crippen LogP contribution in [0.2, 0.25) is 0 Å². The summed E-state index contributed by atoms with van der Waals surface area (Å²) >= 11 is 1.97. The van der Waals surface area contributed by atoms with Gasteiger partial charge in [0.1, 0.15) is 0 Å². The summed E-state index contributed by atoms with van der Waals surface area (Å²) in [5.74, 6) is 0. The van der Waals surface area contributed by atoms with Gasteiger partial charge in [0.2, 0.25) is 0 Å². The third kappa shape index (κ3) is 1.92. The van der Waals surface area contributed by atoms with Gasteiger partial charge in [0.05, 0.1) is 0 Å². The van der Waals surface area contributed by atoms with E-state index in [2.05, 4.69) is 28.6 Å². The SMILES string of the molecule is Cc1ccsc1C1(CN2CCNCC2)CC1. The van der Waals surface area contributed by atoms with E-state index in [9.17, 15) is 0 Å². The summed E-state index contributed by atoms with van der Waals surface area (Å²) in [5, 5.41) is 5.68. The highest BCUT2D eigenvalue weighted by Gasteiger charge is 2.47. The van der Waals surface area contributed by atoms with Crippen molar-refractivity contribution in [3.05, 3.63) is 21.9 Å². The third-order valence-corrected chi connectivity index (χ3v) is 5.20. The monoisotopic (exact) mass is 236 g/mol. The van der Waals surface area contributed by atoms with Crippen LogP contribution in [0, 0.1) is 6.92 Å². The Hall–Kier alpha value is -0.380. The molecule has 1 aromatic heterocycles. The van der Waals surface area contributed by atoms with E-state index in [0.29, 0.717) is 5.41 Å². The van der Waals surface area contributed by atoms with E-state index >= 15 is 0 Å². The second kappa shape index (κ2) is 4.13. The van der Waals surface area contributed by atoms with Crippen molar-refractivity contribution in [2.24, 2.45) is 0 Å². The van der Waals surface area contributed by atoms with Crippen molar-refractivity contribution in [1.29, 1.82) is 0 Å². The Morgan fingerprint density at radius 2 is 2.12 bits per heavy atom. The van der Waals surface area contributed by atoms with E-state index in [1.54, 1.807) is 4.88 Å². The molecule has 3 rings (SSSR count). The Bertz CT molecular complexity index is 362. The summed E-state index contributed by atoms with van der Waals surface area (Å²) < 4.78 is 0. The average Bonchev–Trinajstić information content (AvgIpc) is 2.93. The molecule has 1 aromatic rings. The van der Waals surface area contributed by atoms with Crippen molar-refractivity contribution >= 4 is 11.3 Å². The molecule has 1 aliphatic carbocycles. The van der Waals surface area contributed by atoms with E-state index in [4.69, 9.17) is 0 Å². The van der Waals surface area contributed by atoms with Crippen molar-refractivity contribution in [3.8, 4) is 0 Å². The maximum atomic E-state index is 3.43.